The molecule has 0 spiro atoms. The number of rotatable bonds is 7. The van der Waals surface area contributed by atoms with Crippen LogP contribution in [-0.2, 0) is 12.0 Å². The SMILES string of the molecule is COc1cc(OC)c(NC(=O)c2ccc(N3CC4CC(C3)c3cccc(=O)n3C4)c(NC(=O)c3ccc(C(C)(C)C)cc3)c2)cc1Cl. The van der Waals surface area contributed by atoms with Crippen molar-refractivity contribution in [1.29, 1.82) is 0 Å². The number of amides is 2. The fourth-order valence-electron chi connectivity index (χ4n) is 6.61. The first-order chi connectivity index (χ1) is 22.4. The van der Waals surface area contributed by atoms with Crippen LogP contribution in [0, 0.1) is 5.92 Å². The van der Waals surface area contributed by atoms with Gasteiger partial charge in [0.25, 0.3) is 17.4 Å². The molecule has 1 saturated heterocycles. The zero-order chi connectivity index (χ0) is 33.5. The fourth-order valence-corrected chi connectivity index (χ4v) is 6.86. The molecule has 2 amide bonds. The predicted molar refractivity (Wildman–Crippen MR) is 186 cm³/mol. The van der Waals surface area contributed by atoms with Crippen LogP contribution in [0.2, 0.25) is 5.02 Å². The Balaban J connectivity index is 1.33. The number of aromatic nitrogens is 1. The molecular formula is C37H39ClN4O5. The van der Waals surface area contributed by atoms with Crippen molar-refractivity contribution >= 4 is 40.5 Å². The number of anilines is 3. The van der Waals surface area contributed by atoms with E-state index in [0.717, 1.165) is 23.4 Å². The van der Waals surface area contributed by atoms with Crippen molar-refractivity contribution in [1.82, 2.24) is 4.57 Å². The van der Waals surface area contributed by atoms with E-state index in [-0.39, 0.29) is 28.7 Å². The van der Waals surface area contributed by atoms with E-state index in [1.807, 2.05) is 47.0 Å². The Kier molecular flexibility index (Phi) is 8.76. The number of hydrogen-bond donors (Lipinski definition) is 2. The lowest BCUT2D eigenvalue weighted by Gasteiger charge is -2.44. The van der Waals surface area contributed by atoms with Gasteiger partial charge in [-0.1, -0.05) is 50.6 Å². The van der Waals surface area contributed by atoms with Crippen LogP contribution in [0.4, 0.5) is 17.1 Å². The number of methoxy groups -OCH3 is 2. The van der Waals surface area contributed by atoms with Crippen LogP contribution in [0.5, 0.6) is 11.5 Å². The minimum Gasteiger partial charge on any atom is -0.495 e. The summed E-state index contributed by atoms with van der Waals surface area (Å²) >= 11 is 6.35. The van der Waals surface area contributed by atoms with E-state index in [0.29, 0.717) is 58.7 Å². The number of nitrogens with zero attached hydrogens (tertiary/aromatic N) is 2. The molecule has 47 heavy (non-hydrogen) atoms. The molecule has 2 bridgehead atoms. The number of halogens is 1. The van der Waals surface area contributed by atoms with Gasteiger partial charge >= 0.3 is 0 Å². The summed E-state index contributed by atoms with van der Waals surface area (Å²) < 4.78 is 12.6. The van der Waals surface area contributed by atoms with Gasteiger partial charge in [-0.25, -0.2) is 0 Å². The Bertz CT molecular complexity index is 1900. The summed E-state index contributed by atoms with van der Waals surface area (Å²) in [5, 5.41) is 6.31. The smallest absolute Gasteiger partial charge is 0.255 e. The maximum absolute atomic E-state index is 13.6. The van der Waals surface area contributed by atoms with Gasteiger partial charge in [0.1, 0.15) is 11.5 Å². The van der Waals surface area contributed by atoms with Gasteiger partial charge < -0.3 is 29.6 Å². The van der Waals surface area contributed by atoms with E-state index in [9.17, 15) is 14.4 Å². The minimum atomic E-state index is -0.398. The maximum atomic E-state index is 13.6. The quantitative estimate of drug-likeness (QED) is 0.224. The highest BCUT2D eigenvalue weighted by Crippen LogP contribution is 2.40. The Labute approximate surface area is 279 Å². The zero-order valence-corrected chi connectivity index (χ0v) is 28.0. The molecule has 9 nitrogen and oxygen atoms in total. The second-order valence-electron chi connectivity index (χ2n) is 13.3. The van der Waals surface area contributed by atoms with Gasteiger partial charge in [-0.3, -0.25) is 14.4 Å². The number of piperidine rings is 1. The molecule has 0 radical (unpaired) electrons. The van der Waals surface area contributed by atoms with Crippen LogP contribution in [0.1, 0.15) is 65.1 Å². The number of hydrogen-bond acceptors (Lipinski definition) is 6. The number of ether oxygens (including phenoxy) is 2. The highest BCUT2D eigenvalue weighted by Gasteiger charge is 2.35. The normalized spacial score (nSPS) is 17.0. The highest BCUT2D eigenvalue weighted by atomic mass is 35.5. The van der Waals surface area contributed by atoms with Crippen molar-refractivity contribution < 1.29 is 19.1 Å². The molecule has 6 rings (SSSR count). The van der Waals surface area contributed by atoms with Crippen molar-refractivity contribution in [2.45, 2.75) is 45.1 Å². The largest absolute Gasteiger partial charge is 0.495 e. The lowest BCUT2D eigenvalue weighted by atomic mass is 9.83. The van der Waals surface area contributed by atoms with Crippen molar-refractivity contribution in [3.8, 4) is 11.5 Å². The Morgan fingerprint density at radius 1 is 0.809 bits per heavy atom. The third-order valence-electron chi connectivity index (χ3n) is 9.06. The molecular weight excluding hydrogens is 616 g/mol. The fraction of sp³-hybridized carbons (Fsp3) is 0.324. The summed E-state index contributed by atoms with van der Waals surface area (Å²) in [4.78, 5) is 42.1. The Morgan fingerprint density at radius 3 is 2.19 bits per heavy atom. The van der Waals surface area contributed by atoms with E-state index < -0.39 is 5.91 Å². The summed E-state index contributed by atoms with van der Waals surface area (Å²) in [5.41, 5.74) is 4.72. The summed E-state index contributed by atoms with van der Waals surface area (Å²) in [7, 11) is 3.00. The Hall–Kier alpha value is -4.76. The average molecular weight is 655 g/mol. The van der Waals surface area contributed by atoms with Gasteiger partial charge in [0, 0.05) is 54.5 Å². The Morgan fingerprint density at radius 2 is 1.49 bits per heavy atom. The molecule has 2 aliphatic rings. The number of nitrogens with one attached hydrogen (secondary N) is 2. The number of carbonyl (C=O) groups is 2. The van der Waals surface area contributed by atoms with Gasteiger partial charge in [0.05, 0.1) is 36.3 Å². The van der Waals surface area contributed by atoms with E-state index >= 15 is 0 Å². The number of fused-ring (bicyclic) bond motifs is 4. The van der Waals surface area contributed by atoms with E-state index in [1.165, 1.54) is 14.2 Å². The molecule has 1 fully saturated rings. The molecule has 2 unspecified atom stereocenters. The molecule has 2 atom stereocenters. The van der Waals surface area contributed by atoms with Crippen molar-refractivity contribution in [3.63, 3.8) is 0 Å². The first-order valence-corrected chi connectivity index (χ1v) is 16.1. The molecule has 2 N–H and O–H groups in total. The van der Waals surface area contributed by atoms with Crippen LogP contribution < -0.4 is 30.6 Å². The second kappa shape index (κ2) is 12.8. The summed E-state index contributed by atoms with van der Waals surface area (Å²) in [5.74, 6) is 0.574. The molecule has 3 aromatic carbocycles. The first-order valence-electron chi connectivity index (χ1n) is 15.7. The number of pyridine rings is 1. The molecule has 1 aromatic heterocycles. The van der Waals surface area contributed by atoms with Gasteiger partial charge in [0.15, 0.2) is 0 Å². The topological polar surface area (TPSA) is 102 Å². The summed E-state index contributed by atoms with van der Waals surface area (Å²) in [6, 6.07) is 21.6. The lowest BCUT2D eigenvalue weighted by Crippen LogP contribution is -2.47. The van der Waals surface area contributed by atoms with Gasteiger partial charge in [0.2, 0.25) is 0 Å². The molecule has 2 aliphatic heterocycles. The molecule has 244 valence electrons. The molecule has 0 saturated carbocycles. The van der Waals surface area contributed by atoms with E-state index in [4.69, 9.17) is 21.1 Å². The van der Waals surface area contributed by atoms with Gasteiger partial charge in [-0.15, -0.1) is 0 Å². The van der Waals surface area contributed by atoms with Crippen LogP contribution in [0.15, 0.2) is 77.6 Å². The average Bonchev–Trinajstić information content (AvgIpc) is 3.05. The predicted octanol–water partition coefficient (Wildman–Crippen LogP) is 6.94. The molecule has 0 aliphatic carbocycles. The molecule has 3 heterocycles. The monoisotopic (exact) mass is 654 g/mol. The molecule has 4 aromatic rings. The minimum absolute atomic E-state index is 0.0289. The van der Waals surface area contributed by atoms with Crippen LogP contribution >= 0.6 is 11.6 Å². The highest BCUT2D eigenvalue weighted by molar-refractivity contribution is 6.32. The number of benzene rings is 3. The van der Waals surface area contributed by atoms with Crippen molar-refractivity contribution in [3.05, 3.63) is 111 Å². The zero-order valence-electron chi connectivity index (χ0n) is 27.2. The third-order valence-corrected chi connectivity index (χ3v) is 9.36. The standard InChI is InChI=1S/C37H39ClN4O5/c1-37(2,3)26-12-9-23(10-13-26)35(44)39-28-16-24(36(45)40-29-17-27(38)32(46-4)18-33(29)47-5)11-14-31(28)41-19-22-15-25(21-41)30-7-6-8-34(43)42(30)20-22/h6-14,16-18,22,25H,15,19-21H2,1-5H3,(H,39,44)(H,40,45). The molecule has 10 heteroatoms. The maximum Gasteiger partial charge on any atom is 0.255 e. The number of carbonyl (C=O) groups excluding carboxylic acids is 2. The third kappa shape index (κ3) is 6.58. The van der Waals surface area contributed by atoms with Gasteiger partial charge in [-0.05, 0) is 65.8 Å². The van der Waals surface area contributed by atoms with E-state index in [2.05, 4.69) is 36.3 Å². The van der Waals surface area contributed by atoms with Crippen molar-refractivity contribution in [2.24, 2.45) is 5.92 Å². The van der Waals surface area contributed by atoms with Crippen molar-refractivity contribution in [2.75, 3.05) is 42.8 Å². The van der Waals surface area contributed by atoms with Gasteiger partial charge in [-0.2, -0.15) is 0 Å². The summed E-state index contributed by atoms with van der Waals surface area (Å²) in [6.07, 6.45) is 0.995. The van der Waals surface area contributed by atoms with Crippen LogP contribution in [0.25, 0.3) is 0 Å². The second-order valence-corrected chi connectivity index (χ2v) is 13.7. The van der Waals surface area contributed by atoms with Crippen LogP contribution in [0.3, 0.4) is 0 Å². The van der Waals surface area contributed by atoms with Crippen LogP contribution in [-0.4, -0.2) is 43.7 Å². The summed E-state index contributed by atoms with van der Waals surface area (Å²) in [6.45, 7) is 8.43. The van der Waals surface area contributed by atoms with E-state index in [1.54, 1.807) is 30.3 Å². The first kappa shape index (κ1) is 32.2. The lowest BCUT2D eigenvalue weighted by molar-refractivity contribution is 0.101.